The van der Waals surface area contributed by atoms with Gasteiger partial charge in [-0.2, -0.15) is 0 Å². The van der Waals surface area contributed by atoms with Crippen LogP contribution in [0.25, 0.3) is 0 Å². The number of nitrogen functional groups attached to an aromatic ring is 1. The highest BCUT2D eigenvalue weighted by Crippen LogP contribution is 2.19. The summed E-state index contributed by atoms with van der Waals surface area (Å²) in [6.07, 6.45) is 0. The molecular weight excluding hydrogens is 280 g/mol. The van der Waals surface area contributed by atoms with E-state index in [0.717, 1.165) is 0 Å². The zero-order chi connectivity index (χ0) is 14.8. The molecule has 0 aromatic heterocycles. The molecule has 1 aliphatic heterocycles. The van der Waals surface area contributed by atoms with Crippen molar-refractivity contribution in [1.29, 1.82) is 0 Å². The normalized spacial score (nSPS) is 16.1. The van der Waals surface area contributed by atoms with E-state index in [0.29, 0.717) is 37.6 Å². The summed E-state index contributed by atoms with van der Waals surface area (Å²) in [5.41, 5.74) is 6.66. The fourth-order valence-corrected chi connectivity index (χ4v) is 3.65. The molecule has 0 radical (unpaired) electrons. The zero-order valence-electron chi connectivity index (χ0n) is 11.3. The molecule has 1 fully saturated rings. The van der Waals surface area contributed by atoms with Gasteiger partial charge in [-0.25, -0.2) is 8.42 Å². The van der Waals surface area contributed by atoms with E-state index < -0.39 is 15.6 Å². The quantitative estimate of drug-likeness (QED) is 0.806. The lowest BCUT2D eigenvalue weighted by molar-refractivity contribution is -0.132. The molecule has 1 aromatic carbocycles. The van der Waals surface area contributed by atoms with Crippen molar-refractivity contribution in [2.75, 3.05) is 37.8 Å². The zero-order valence-corrected chi connectivity index (χ0v) is 12.1. The van der Waals surface area contributed by atoms with E-state index in [9.17, 15) is 13.2 Å². The van der Waals surface area contributed by atoms with Gasteiger partial charge < -0.3 is 15.4 Å². The molecule has 20 heavy (non-hydrogen) atoms. The van der Waals surface area contributed by atoms with Crippen LogP contribution >= 0.6 is 0 Å². The predicted molar refractivity (Wildman–Crippen MR) is 75.0 cm³/mol. The third-order valence-electron chi connectivity index (χ3n) is 3.21. The average Bonchev–Trinajstić information content (AvgIpc) is 2.38. The van der Waals surface area contributed by atoms with Gasteiger partial charge in [0.15, 0.2) is 9.84 Å². The van der Waals surface area contributed by atoms with E-state index in [1.807, 2.05) is 0 Å². The first-order valence-corrected chi connectivity index (χ1v) is 8.00. The summed E-state index contributed by atoms with van der Waals surface area (Å²) < 4.78 is 29.7. The van der Waals surface area contributed by atoms with Gasteiger partial charge in [-0.3, -0.25) is 4.79 Å². The Morgan fingerprint density at radius 3 is 2.60 bits per heavy atom. The molecular formula is C13H18N2O4S. The summed E-state index contributed by atoms with van der Waals surface area (Å²) >= 11 is 0. The summed E-state index contributed by atoms with van der Waals surface area (Å²) in [5.74, 6) is -0.901. The fourth-order valence-electron chi connectivity index (χ4n) is 2.17. The molecule has 0 spiro atoms. The smallest absolute Gasteiger partial charge is 0.238 e. The first kappa shape index (κ1) is 14.8. The fraction of sp³-hybridized carbons (Fsp3) is 0.462. The molecule has 0 saturated carbocycles. The minimum Gasteiger partial charge on any atom is -0.399 e. The monoisotopic (exact) mass is 298 g/mol. The molecule has 1 aromatic rings. The Labute approximate surface area is 118 Å². The topological polar surface area (TPSA) is 89.7 Å². The predicted octanol–water partition coefficient (Wildman–Crippen LogP) is 0.210. The Balaban J connectivity index is 2.16. The number of nitrogens with zero attached hydrogens (tertiary/aromatic N) is 1. The van der Waals surface area contributed by atoms with Gasteiger partial charge in [-0.15, -0.1) is 0 Å². The lowest BCUT2D eigenvalue weighted by atomic mass is 10.2. The second-order valence-corrected chi connectivity index (χ2v) is 6.74. The minimum atomic E-state index is -3.64. The van der Waals surface area contributed by atoms with Gasteiger partial charge in [0.1, 0.15) is 5.75 Å². The van der Waals surface area contributed by atoms with Crippen molar-refractivity contribution >= 4 is 21.4 Å². The molecule has 1 heterocycles. The Morgan fingerprint density at radius 1 is 1.35 bits per heavy atom. The highest BCUT2D eigenvalue weighted by Gasteiger charge is 2.25. The SMILES string of the molecule is Cc1cc(N)ccc1S(=O)(=O)CC(=O)N1CCOCC1. The minimum absolute atomic E-state index is 0.160. The standard InChI is InChI=1S/C13H18N2O4S/c1-10-8-11(14)2-3-12(10)20(17,18)9-13(16)15-4-6-19-7-5-15/h2-3,8H,4-7,9,14H2,1H3. The summed E-state index contributed by atoms with van der Waals surface area (Å²) in [4.78, 5) is 13.7. The number of sulfone groups is 1. The van der Waals surface area contributed by atoms with Crippen LogP contribution in [0.2, 0.25) is 0 Å². The first-order chi connectivity index (χ1) is 9.40. The van der Waals surface area contributed by atoms with Crippen LogP contribution in [-0.4, -0.2) is 51.3 Å². The molecule has 0 aliphatic carbocycles. The second-order valence-electron chi connectivity index (χ2n) is 4.78. The van der Waals surface area contributed by atoms with Crippen LogP contribution in [0.4, 0.5) is 5.69 Å². The van der Waals surface area contributed by atoms with E-state index in [2.05, 4.69) is 0 Å². The first-order valence-electron chi connectivity index (χ1n) is 6.34. The van der Waals surface area contributed by atoms with E-state index in [1.165, 1.54) is 17.0 Å². The van der Waals surface area contributed by atoms with Gasteiger partial charge in [0.05, 0.1) is 18.1 Å². The maximum absolute atomic E-state index is 12.3. The van der Waals surface area contributed by atoms with Crippen molar-refractivity contribution in [3.63, 3.8) is 0 Å². The number of carbonyl (C=O) groups excluding carboxylic acids is 1. The van der Waals surface area contributed by atoms with Crippen molar-refractivity contribution < 1.29 is 17.9 Å². The average molecular weight is 298 g/mol. The van der Waals surface area contributed by atoms with Crippen molar-refractivity contribution in [2.45, 2.75) is 11.8 Å². The molecule has 6 nitrogen and oxygen atoms in total. The lowest BCUT2D eigenvalue weighted by Gasteiger charge is -2.26. The molecule has 1 aliphatic rings. The maximum Gasteiger partial charge on any atom is 0.238 e. The van der Waals surface area contributed by atoms with Crippen LogP contribution in [0, 0.1) is 6.92 Å². The number of amides is 1. The number of nitrogens with two attached hydrogens (primary N) is 1. The van der Waals surface area contributed by atoms with Crippen LogP contribution in [0.15, 0.2) is 23.1 Å². The maximum atomic E-state index is 12.3. The van der Waals surface area contributed by atoms with E-state index in [-0.39, 0.29) is 10.8 Å². The van der Waals surface area contributed by atoms with Crippen molar-refractivity contribution in [1.82, 2.24) is 4.90 Å². The highest BCUT2D eigenvalue weighted by atomic mass is 32.2. The number of rotatable bonds is 3. The number of benzene rings is 1. The molecule has 2 N–H and O–H groups in total. The highest BCUT2D eigenvalue weighted by molar-refractivity contribution is 7.92. The van der Waals surface area contributed by atoms with Crippen LogP contribution < -0.4 is 5.73 Å². The van der Waals surface area contributed by atoms with Gasteiger partial charge >= 0.3 is 0 Å². The van der Waals surface area contributed by atoms with Gasteiger partial charge in [-0.1, -0.05) is 0 Å². The number of hydrogen-bond donors (Lipinski definition) is 1. The van der Waals surface area contributed by atoms with Gasteiger partial charge in [0, 0.05) is 18.8 Å². The third kappa shape index (κ3) is 3.29. The Bertz CT molecular complexity index is 607. The Morgan fingerprint density at radius 2 is 2.00 bits per heavy atom. The molecule has 1 amide bonds. The number of hydrogen-bond acceptors (Lipinski definition) is 5. The molecule has 7 heteroatoms. The van der Waals surface area contributed by atoms with Crippen molar-refractivity contribution in [2.24, 2.45) is 0 Å². The summed E-state index contributed by atoms with van der Waals surface area (Å²) in [6.45, 7) is 3.45. The molecule has 110 valence electrons. The van der Waals surface area contributed by atoms with Crippen LogP contribution in [-0.2, 0) is 19.4 Å². The number of anilines is 1. The van der Waals surface area contributed by atoms with Gasteiger partial charge in [0.25, 0.3) is 0 Å². The number of ether oxygens (including phenoxy) is 1. The van der Waals surface area contributed by atoms with Crippen molar-refractivity contribution in [3.8, 4) is 0 Å². The largest absolute Gasteiger partial charge is 0.399 e. The third-order valence-corrected chi connectivity index (χ3v) is 4.97. The van der Waals surface area contributed by atoms with Gasteiger partial charge in [-0.05, 0) is 30.7 Å². The second kappa shape index (κ2) is 5.80. The van der Waals surface area contributed by atoms with Crippen LogP contribution in [0.1, 0.15) is 5.56 Å². The number of morpholine rings is 1. The van der Waals surface area contributed by atoms with E-state index >= 15 is 0 Å². The van der Waals surface area contributed by atoms with E-state index in [1.54, 1.807) is 13.0 Å². The molecule has 1 saturated heterocycles. The number of carbonyl (C=O) groups is 1. The molecule has 0 bridgehead atoms. The van der Waals surface area contributed by atoms with E-state index in [4.69, 9.17) is 10.5 Å². The van der Waals surface area contributed by atoms with Crippen molar-refractivity contribution in [3.05, 3.63) is 23.8 Å². The molecule has 0 unspecified atom stereocenters. The summed E-state index contributed by atoms with van der Waals surface area (Å²) in [7, 11) is -3.64. The van der Waals surface area contributed by atoms with Crippen LogP contribution in [0.3, 0.4) is 0 Å². The Kier molecular flexibility index (Phi) is 4.29. The van der Waals surface area contributed by atoms with Crippen LogP contribution in [0.5, 0.6) is 0 Å². The Hall–Kier alpha value is -1.60. The summed E-state index contributed by atoms with van der Waals surface area (Å²) in [5, 5.41) is 0. The molecule has 0 atom stereocenters. The number of aryl methyl sites for hydroxylation is 1. The van der Waals surface area contributed by atoms with Gasteiger partial charge in [0.2, 0.25) is 5.91 Å². The lowest BCUT2D eigenvalue weighted by Crippen LogP contribution is -2.43. The summed E-state index contributed by atoms with van der Waals surface area (Å²) in [6, 6.07) is 4.57. The molecule has 2 rings (SSSR count).